The third kappa shape index (κ3) is 4.24. The van der Waals surface area contributed by atoms with Crippen LogP contribution in [-0.4, -0.2) is 48.7 Å². The summed E-state index contributed by atoms with van der Waals surface area (Å²) in [5.41, 5.74) is 1.65. The predicted octanol–water partition coefficient (Wildman–Crippen LogP) is 1.98. The Labute approximate surface area is 115 Å². The summed E-state index contributed by atoms with van der Waals surface area (Å²) in [5.74, 6) is -0.0420. The summed E-state index contributed by atoms with van der Waals surface area (Å²) in [6, 6.07) is 7.59. The van der Waals surface area contributed by atoms with Gasteiger partial charge in [0.1, 0.15) is 0 Å². The number of benzene rings is 1. The minimum atomic E-state index is -0.525. The van der Waals surface area contributed by atoms with Crippen LogP contribution >= 0.6 is 0 Å². The molecule has 19 heavy (non-hydrogen) atoms. The fraction of sp³-hybridized carbons (Fsp3) is 0.533. The van der Waals surface area contributed by atoms with E-state index in [1.54, 1.807) is 11.8 Å². The number of hydrogen-bond donors (Lipinski definition) is 1. The van der Waals surface area contributed by atoms with Gasteiger partial charge in [-0.2, -0.15) is 0 Å². The highest BCUT2D eigenvalue weighted by Crippen LogP contribution is 2.16. The molecule has 0 heterocycles. The average Bonchev–Trinajstić information content (AvgIpc) is 2.34. The average molecular weight is 264 g/mol. The summed E-state index contributed by atoms with van der Waals surface area (Å²) in [6.07, 6.45) is -0.525. The van der Waals surface area contributed by atoms with Crippen LogP contribution in [0.4, 0.5) is 5.69 Å². The third-order valence-electron chi connectivity index (χ3n) is 2.95. The van der Waals surface area contributed by atoms with Crippen LogP contribution in [0.25, 0.3) is 0 Å². The summed E-state index contributed by atoms with van der Waals surface area (Å²) in [6.45, 7) is 5.95. The van der Waals surface area contributed by atoms with Crippen LogP contribution < -0.4 is 4.90 Å². The number of rotatable bonds is 5. The van der Waals surface area contributed by atoms with Gasteiger partial charge in [0.25, 0.3) is 5.91 Å². The SMILES string of the molecule is CC(O)CN(C(=O)c1cccc(N(C)C)c1)C(C)C. The van der Waals surface area contributed by atoms with Gasteiger partial charge in [0, 0.05) is 37.9 Å². The molecule has 1 aromatic carbocycles. The highest BCUT2D eigenvalue weighted by Gasteiger charge is 2.20. The van der Waals surface area contributed by atoms with E-state index in [1.165, 1.54) is 0 Å². The summed E-state index contributed by atoms with van der Waals surface area (Å²) in [5, 5.41) is 9.51. The molecule has 1 aromatic rings. The van der Waals surface area contributed by atoms with Gasteiger partial charge in [-0.1, -0.05) is 6.07 Å². The second-order valence-electron chi connectivity index (χ2n) is 5.35. The maximum atomic E-state index is 12.5. The lowest BCUT2D eigenvalue weighted by atomic mass is 10.1. The normalized spacial score (nSPS) is 12.4. The van der Waals surface area contributed by atoms with Crippen LogP contribution in [0.2, 0.25) is 0 Å². The van der Waals surface area contributed by atoms with Crippen molar-refractivity contribution in [2.75, 3.05) is 25.5 Å². The van der Waals surface area contributed by atoms with E-state index in [4.69, 9.17) is 0 Å². The fourth-order valence-electron chi connectivity index (χ4n) is 1.90. The maximum Gasteiger partial charge on any atom is 0.254 e. The van der Waals surface area contributed by atoms with Crippen LogP contribution in [0.3, 0.4) is 0 Å². The Morgan fingerprint density at radius 1 is 1.26 bits per heavy atom. The van der Waals surface area contributed by atoms with Crippen molar-refractivity contribution in [2.24, 2.45) is 0 Å². The van der Waals surface area contributed by atoms with Gasteiger partial charge < -0.3 is 14.9 Å². The zero-order valence-corrected chi connectivity index (χ0v) is 12.4. The lowest BCUT2D eigenvalue weighted by molar-refractivity contribution is 0.0579. The summed E-state index contributed by atoms with van der Waals surface area (Å²) in [7, 11) is 3.89. The lowest BCUT2D eigenvalue weighted by Crippen LogP contribution is -2.41. The smallest absolute Gasteiger partial charge is 0.254 e. The van der Waals surface area contributed by atoms with Crippen LogP contribution in [-0.2, 0) is 0 Å². The maximum absolute atomic E-state index is 12.5. The first-order valence-electron chi connectivity index (χ1n) is 6.59. The number of anilines is 1. The second kappa shape index (κ2) is 6.57. The van der Waals surface area contributed by atoms with Gasteiger partial charge >= 0.3 is 0 Å². The van der Waals surface area contributed by atoms with Crippen molar-refractivity contribution >= 4 is 11.6 Å². The number of aliphatic hydroxyl groups is 1. The molecular weight excluding hydrogens is 240 g/mol. The molecule has 1 atom stereocenters. The topological polar surface area (TPSA) is 43.8 Å². The first kappa shape index (κ1) is 15.5. The Morgan fingerprint density at radius 2 is 1.89 bits per heavy atom. The molecular formula is C15H24N2O2. The van der Waals surface area contributed by atoms with E-state index < -0.39 is 6.10 Å². The quantitative estimate of drug-likeness (QED) is 0.884. The molecule has 1 unspecified atom stereocenters. The lowest BCUT2D eigenvalue weighted by Gasteiger charge is -2.28. The molecule has 0 saturated carbocycles. The highest BCUT2D eigenvalue weighted by atomic mass is 16.3. The van der Waals surface area contributed by atoms with Gasteiger partial charge in [-0.05, 0) is 39.0 Å². The Hall–Kier alpha value is -1.55. The molecule has 0 bridgehead atoms. The second-order valence-corrected chi connectivity index (χ2v) is 5.35. The molecule has 0 saturated heterocycles. The van der Waals surface area contributed by atoms with Crippen LogP contribution in [0.5, 0.6) is 0 Å². The molecule has 106 valence electrons. The predicted molar refractivity (Wildman–Crippen MR) is 78.6 cm³/mol. The van der Waals surface area contributed by atoms with Gasteiger partial charge in [-0.15, -0.1) is 0 Å². The molecule has 1 amide bonds. The number of nitrogens with zero attached hydrogens (tertiary/aromatic N) is 2. The molecule has 0 aliphatic carbocycles. The van der Waals surface area contributed by atoms with E-state index in [1.807, 2.05) is 57.1 Å². The molecule has 0 radical (unpaired) electrons. The van der Waals surface area contributed by atoms with E-state index in [0.29, 0.717) is 12.1 Å². The minimum Gasteiger partial charge on any atom is -0.392 e. The molecule has 1 rings (SSSR count). The van der Waals surface area contributed by atoms with Crippen molar-refractivity contribution in [1.29, 1.82) is 0 Å². The molecule has 0 aliphatic heterocycles. The standard InChI is InChI=1S/C15H24N2O2/c1-11(2)17(10-12(3)18)15(19)13-7-6-8-14(9-13)16(4)5/h6-9,11-12,18H,10H2,1-5H3. The van der Waals surface area contributed by atoms with Crippen LogP contribution in [0.1, 0.15) is 31.1 Å². The third-order valence-corrected chi connectivity index (χ3v) is 2.95. The molecule has 0 spiro atoms. The fourth-order valence-corrected chi connectivity index (χ4v) is 1.90. The highest BCUT2D eigenvalue weighted by molar-refractivity contribution is 5.95. The molecule has 0 aromatic heterocycles. The summed E-state index contributed by atoms with van der Waals surface area (Å²) < 4.78 is 0. The molecule has 4 nitrogen and oxygen atoms in total. The van der Waals surface area contributed by atoms with E-state index in [2.05, 4.69) is 0 Å². The number of carbonyl (C=O) groups excluding carboxylic acids is 1. The van der Waals surface area contributed by atoms with E-state index in [-0.39, 0.29) is 11.9 Å². The van der Waals surface area contributed by atoms with Crippen molar-refractivity contribution in [3.63, 3.8) is 0 Å². The molecule has 0 aliphatic rings. The number of carbonyl (C=O) groups is 1. The van der Waals surface area contributed by atoms with Crippen molar-refractivity contribution < 1.29 is 9.90 Å². The largest absolute Gasteiger partial charge is 0.392 e. The van der Waals surface area contributed by atoms with E-state index in [0.717, 1.165) is 5.69 Å². The molecule has 4 heteroatoms. The Bertz CT molecular complexity index is 428. The first-order chi connectivity index (χ1) is 8.82. The first-order valence-corrected chi connectivity index (χ1v) is 6.59. The van der Waals surface area contributed by atoms with Crippen molar-refractivity contribution in [3.8, 4) is 0 Å². The van der Waals surface area contributed by atoms with Crippen molar-refractivity contribution in [3.05, 3.63) is 29.8 Å². The molecule has 0 fully saturated rings. The Morgan fingerprint density at radius 3 is 2.37 bits per heavy atom. The zero-order chi connectivity index (χ0) is 14.6. The van der Waals surface area contributed by atoms with Crippen molar-refractivity contribution in [1.82, 2.24) is 4.90 Å². The van der Waals surface area contributed by atoms with Gasteiger partial charge in [0.05, 0.1) is 6.10 Å². The van der Waals surface area contributed by atoms with Crippen molar-refractivity contribution in [2.45, 2.75) is 32.9 Å². The number of amides is 1. The number of aliphatic hydroxyl groups excluding tert-OH is 1. The van der Waals surface area contributed by atoms with Gasteiger partial charge in [-0.3, -0.25) is 4.79 Å². The minimum absolute atomic E-state index is 0.0420. The summed E-state index contributed by atoms with van der Waals surface area (Å²) in [4.78, 5) is 16.2. The molecule has 1 N–H and O–H groups in total. The van der Waals surface area contributed by atoms with Gasteiger partial charge in [0.15, 0.2) is 0 Å². The van der Waals surface area contributed by atoms with Crippen LogP contribution in [0.15, 0.2) is 24.3 Å². The van der Waals surface area contributed by atoms with Gasteiger partial charge in [0.2, 0.25) is 0 Å². The monoisotopic (exact) mass is 264 g/mol. The Balaban J connectivity index is 2.99. The van der Waals surface area contributed by atoms with Crippen LogP contribution in [0, 0.1) is 0 Å². The zero-order valence-electron chi connectivity index (χ0n) is 12.4. The Kier molecular flexibility index (Phi) is 5.36. The number of hydrogen-bond acceptors (Lipinski definition) is 3. The van der Waals surface area contributed by atoms with Gasteiger partial charge in [-0.25, -0.2) is 0 Å². The summed E-state index contributed by atoms with van der Waals surface area (Å²) >= 11 is 0. The van der Waals surface area contributed by atoms with E-state index >= 15 is 0 Å². The van der Waals surface area contributed by atoms with E-state index in [9.17, 15) is 9.90 Å².